The maximum atomic E-state index is 4.30. The van der Waals surface area contributed by atoms with Crippen LogP contribution < -0.4 is 0 Å². The minimum atomic E-state index is 0.998. The number of nitrogens with zero attached hydrogens (tertiary/aromatic N) is 2. The quantitative estimate of drug-likeness (QED) is 0.783. The second kappa shape index (κ2) is 3.55. The van der Waals surface area contributed by atoms with Crippen LogP contribution in [0.1, 0.15) is 0 Å². The fraction of sp³-hybridized carbons (Fsp3) is 0.125. The molecule has 0 aliphatic heterocycles. The molecule has 0 amide bonds. The molecular weight excluding hydrogens is 316 g/mol. The summed E-state index contributed by atoms with van der Waals surface area (Å²) in [6.07, 6.45) is 1.80. The molecule has 2 aromatic rings. The third-order valence-electron chi connectivity index (χ3n) is 1.67. The zero-order valence-corrected chi connectivity index (χ0v) is 10.8. The molecule has 13 heavy (non-hydrogen) atoms. The van der Waals surface area contributed by atoms with Gasteiger partial charge >= 0.3 is 0 Å². The molecule has 2 nitrogen and oxygen atoms in total. The van der Waals surface area contributed by atoms with Crippen LogP contribution in [-0.4, -0.2) is 9.55 Å². The summed E-state index contributed by atoms with van der Waals surface area (Å²) in [6, 6.07) is 4.09. The molecule has 0 bridgehead atoms. The molecule has 5 heteroatoms. The summed E-state index contributed by atoms with van der Waals surface area (Å²) in [5.74, 6) is 0. The van der Waals surface area contributed by atoms with E-state index < -0.39 is 0 Å². The van der Waals surface area contributed by atoms with Gasteiger partial charge in [0.05, 0.1) is 15.0 Å². The smallest absolute Gasteiger partial charge is 0.113 e. The van der Waals surface area contributed by atoms with E-state index in [0.717, 1.165) is 14.1 Å². The van der Waals surface area contributed by atoms with Gasteiger partial charge in [-0.05, 0) is 44.0 Å². The first kappa shape index (κ1) is 9.43. The molecule has 0 atom stereocenters. The zero-order valence-electron chi connectivity index (χ0n) is 6.79. The maximum Gasteiger partial charge on any atom is 0.113 e. The van der Waals surface area contributed by atoms with E-state index >= 15 is 0 Å². The fourth-order valence-electron chi connectivity index (χ4n) is 1.02. The van der Waals surface area contributed by atoms with E-state index in [0.29, 0.717) is 0 Å². The molecule has 68 valence electrons. The van der Waals surface area contributed by atoms with Gasteiger partial charge in [-0.3, -0.25) is 0 Å². The molecule has 2 heterocycles. The molecule has 2 aromatic heterocycles. The van der Waals surface area contributed by atoms with Gasteiger partial charge in [-0.2, -0.15) is 0 Å². The Hall–Kier alpha value is -0.130. The van der Waals surface area contributed by atoms with E-state index in [1.54, 1.807) is 17.7 Å². The Bertz CT molecular complexity index is 433. The molecule has 2 rings (SSSR count). The summed E-state index contributed by atoms with van der Waals surface area (Å²) in [4.78, 5) is 5.47. The van der Waals surface area contributed by atoms with E-state index in [-0.39, 0.29) is 0 Å². The van der Waals surface area contributed by atoms with Crippen molar-refractivity contribution in [1.29, 1.82) is 0 Å². The fourth-order valence-corrected chi connectivity index (χ4v) is 2.94. The predicted octanol–water partition coefficient (Wildman–Crippen LogP) is 3.67. The Morgan fingerprint density at radius 1 is 1.38 bits per heavy atom. The highest BCUT2D eigenvalue weighted by Gasteiger charge is 2.09. The minimum absolute atomic E-state index is 0.998. The average Bonchev–Trinajstić information content (AvgIpc) is 2.62. The van der Waals surface area contributed by atoms with Gasteiger partial charge < -0.3 is 4.57 Å². The molecule has 0 N–H and O–H groups in total. The lowest BCUT2D eigenvalue weighted by Crippen LogP contribution is -1.82. The highest BCUT2D eigenvalue weighted by atomic mass is 79.9. The van der Waals surface area contributed by atoms with Crippen LogP contribution in [0, 0.1) is 0 Å². The lowest BCUT2D eigenvalue weighted by atomic mass is 10.4. The molecule has 0 aliphatic carbocycles. The first-order valence-electron chi connectivity index (χ1n) is 3.61. The van der Waals surface area contributed by atoms with Crippen molar-refractivity contribution < 1.29 is 0 Å². The number of thiophene rings is 1. The number of halogens is 2. The van der Waals surface area contributed by atoms with Gasteiger partial charge in [-0.1, -0.05) is 0 Å². The third kappa shape index (κ3) is 1.73. The molecule has 0 aromatic carbocycles. The number of hydrogen-bond acceptors (Lipinski definition) is 2. The summed E-state index contributed by atoms with van der Waals surface area (Å²) in [6.45, 7) is 0. The number of hydrogen-bond donors (Lipinski definition) is 0. The highest BCUT2D eigenvalue weighted by Crippen LogP contribution is 2.34. The number of rotatable bonds is 1. The molecule has 0 aliphatic rings. The molecule has 0 radical (unpaired) electrons. The van der Waals surface area contributed by atoms with E-state index in [2.05, 4.69) is 42.9 Å². The molecule has 0 unspecified atom stereocenters. The van der Waals surface area contributed by atoms with Crippen LogP contribution in [0.3, 0.4) is 0 Å². The first-order valence-corrected chi connectivity index (χ1v) is 6.01. The van der Waals surface area contributed by atoms with Gasteiger partial charge in [0.2, 0.25) is 0 Å². The standard InChI is InChI=1S/C8H6Br2N2S/c1-12-4-11-7(8(12)10)5-2-3-6(9)13-5/h2-4H,1H3. The second-order valence-corrected chi connectivity index (χ2v) is 5.81. The summed E-state index contributed by atoms with van der Waals surface area (Å²) in [5, 5.41) is 0. The van der Waals surface area contributed by atoms with Crippen LogP contribution in [0.25, 0.3) is 10.6 Å². The lowest BCUT2D eigenvalue weighted by molar-refractivity contribution is 0.891. The summed E-state index contributed by atoms with van der Waals surface area (Å²) in [5.41, 5.74) is 0.998. The Morgan fingerprint density at radius 2 is 2.15 bits per heavy atom. The van der Waals surface area contributed by atoms with Crippen LogP contribution in [0.5, 0.6) is 0 Å². The van der Waals surface area contributed by atoms with Gasteiger partial charge in [0.15, 0.2) is 0 Å². The van der Waals surface area contributed by atoms with Crippen LogP contribution in [0.4, 0.5) is 0 Å². The molecule has 0 spiro atoms. The van der Waals surface area contributed by atoms with Crippen molar-refractivity contribution in [2.24, 2.45) is 7.05 Å². The summed E-state index contributed by atoms with van der Waals surface area (Å²) in [7, 11) is 1.96. The number of imidazole rings is 1. The van der Waals surface area contributed by atoms with Gasteiger partial charge in [-0.15, -0.1) is 11.3 Å². The van der Waals surface area contributed by atoms with E-state index in [1.165, 1.54) is 4.88 Å². The van der Waals surface area contributed by atoms with E-state index in [4.69, 9.17) is 0 Å². The Balaban J connectivity index is 2.52. The SMILES string of the molecule is Cn1cnc(-c2ccc(Br)s2)c1Br. The van der Waals surface area contributed by atoms with E-state index in [1.807, 2.05) is 17.7 Å². The van der Waals surface area contributed by atoms with Gasteiger partial charge in [0.25, 0.3) is 0 Å². The summed E-state index contributed by atoms with van der Waals surface area (Å²) >= 11 is 8.60. The zero-order chi connectivity index (χ0) is 9.42. The topological polar surface area (TPSA) is 17.8 Å². The van der Waals surface area contributed by atoms with Gasteiger partial charge in [0, 0.05) is 7.05 Å². The third-order valence-corrected chi connectivity index (χ3v) is 4.24. The minimum Gasteiger partial charge on any atom is -0.328 e. The van der Waals surface area contributed by atoms with Gasteiger partial charge in [0.1, 0.15) is 10.3 Å². The first-order chi connectivity index (χ1) is 6.18. The normalized spacial score (nSPS) is 10.7. The number of aromatic nitrogens is 2. The van der Waals surface area contributed by atoms with E-state index in [9.17, 15) is 0 Å². The molecular formula is C8H6Br2N2S. The Morgan fingerprint density at radius 3 is 2.62 bits per heavy atom. The number of aryl methyl sites for hydroxylation is 1. The van der Waals surface area contributed by atoms with Crippen molar-refractivity contribution in [1.82, 2.24) is 9.55 Å². The highest BCUT2D eigenvalue weighted by molar-refractivity contribution is 9.11. The molecule has 0 saturated carbocycles. The Kier molecular flexibility index (Phi) is 2.58. The predicted molar refractivity (Wildman–Crippen MR) is 61.9 cm³/mol. The Labute approximate surface area is 96.9 Å². The van der Waals surface area contributed by atoms with Crippen molar-refractivity contribution in [3.63, 3.8) is 0 Å². The van der Waals surface area contributed by atoms with Crippen LogP contribution in [0.2, 0.25) is 0 Å². The van der Waals surface area contributed by atoms with Crippen LogP contribution in [-0.2, 0) is 7.05 Å². The second-order valence-electron chi connectivity index (χ2n) is 2.60. The monoisotopic (exact) mass is 320 g/mol. The average molecular weight is 322 g/mol. The summed E-state index contributed by atoms with van der Waals surface area (Å²) < 4.78 is 4.09. The van der Waals surface area contributed by atoms with Crippen molar-refractivity contribution in [3.8, 4) is 10.6 Å². The molecule has 0 fully saturated rings. The van der Waals surface area contributed by atoms with Crippen molar-refractivity contribution in [3.05, 3.63) is 26.8 Å². The van der Waals surface area contributed by atoms with Crippen LogP contribution in [0.15, 0.2) is 26.8 Å². The van der Waals surface area contributed by atoms with Gasteiger partial charge in [-0.25, -0.2) is 4.98 Å². The maximum absolute atomic E-state index is 4.30. The largest absolute Gasteiger partial charge is 0.328 e. The lowest BCUT2D eigenvalue weighted by Gasteiger charge is -1.93. The van der Waals surface area contributed by atoms with Crippen molar-refractivity contribution in [2.75, 3.05) is 0 Å². The molecule has 0 saturated heterocycles. The van der Waals surface area contributed by atoms with Crippen LogP contribution >= 0.6 is 43.2 Å². The van der Waals surface area contributed by atoms with Crippen molar-refractivity contribution >= 4 is 43.2 Å². The van der Waals surface area contributed by atoms with Crippen molar-refractivity contribution in [2.45, 2.75) is 0 Å².